The van der Waals surface area contributed by atoms with Crippen LogP contribution in [0.15, 0.2) is 55.4 Å². The molecule has 2 amide bonds. The van der Waals surface area contributed by atoms with Gasteiger partial charge >= 0.3 is 0 Å². The molecule has 38 heavy (non-hydrogen) atoms. The molecule has 3 aromatic rings. The maximum absolute atomic E-state index is 12.8. The second kappa shape index (κ2) is 11.0. The SMILES string of the molecule is C=CC(=O)N1CCOC[C@H]1C#Cc1cnccc1-c1cc2c(n1Nc1cccc(Cl)c1OC)CCNC2=O. The van der Waals surface area contributed by atoms with Gasteiger partial charge in [0.25, 0.3) is 5.91 Å². The predicted molar refractivity (Wildman–Crippen MR) is 144 cm³/mol. The number of fused-ring (bicyclic) bond motifs is 1. The Labute approximate surface area is 225 Å². The van der Waals surface area contributed by atoms with Gasteiger partial charge in [-0.25, -0.2) is 0 Å². The molecular formula is C28H26ClN5O4. The zero-order valence-corrected chi connectivity index (χ0v) is 21.5. The number of para-hydroxylation sites is 1. The molecule has 2 aliphatic heterocycles. The summed E-state index contributed by atoms with van der Waals surface area (Å²) in [6, 6.07) is 8.69. The van der Waals surface area contributed by atoms with Gasteiger partial charge in [-0.05, 0) is 30.3 Å². The molecule has 0 saturated carbocycles. The van der Waals surface area contributed by atoms with Gasteiger partial charge in [-0.15, -0.1) is 0 Å². The van der Waals surface area contributed by atoms with Gasteiger partial charge in [0.1, 0.15) is 6.04 Å². The Balaban J connectivity index is 1.60. The highest BCUT2D eigenvalue weighted by Crippen LogP contribution is 2.35. The lowest BCUT2D eigenvalue weighted by molar-refractivity contribution is -0.132. The van der Waals surface area contributed by atoms with Gasteiger partial charge in [-0.1, -0.05) is 36.1 Å². The van der Waals surface area contributed by atoms with Crippen molar-refractivity contribution < 1.29 is 19.1 Å². The number of hydrogen-bond acceptors (Lipinski definition) is 6. The molecule has 194 valence electrons. The average molecular weight is 532 g/mol. The van der Waals surface area contributed by atoms with Crippen molar-refractivity contribution in [1.29, 1.82) is 0 Å². The van der Waals surface area contributed by atoms with E-state index in [0.29, 0.717) is 60.3 Å². The fraction of sp³-hybridized carbons (Fsp3) is 0.250. The minimum absolute atomic E-state index is 0.147. The van der Waals surface area contributed by atoms with Gasteiger partial charge in [0, 0.05) is 37.5 Å². The van der Waals surface area contributed by atoms with Crippen LogP contribution in [-0.4, -0.2) is 65.8 Å². The number of carbonyl (C=O) groups is 2. The Morgan fingerprint density at radius 1 is 1.37 bits per heavy atom. The van der Waals surface area contributed by atoms with Crippen LogP contribution in [0.2, 0.25) is 5.02 Å². The van der Waals surface area contributed by atoms with E-state index in [2.05, 4.69) is 34.1 Å². The number of halogens is 1. The topological polar surface area (TPSA) is 97.7 Å². The molecule has 2 aliphatic rings. The van der Waals surface area contributed by atoms with E-state index >= 15 is 0 Å². The predicted octanol–water partition coefficient (Wildman–Crippen LogP) is 3.14. The van der Waals surface area contributed by atoms with Crippen molar-refractivity contribution in [3.05, 3.63) is 77.2 Å². The lowest BCUT2D eigenvalue weighted by atomic mass is 10.1. The number of rotatable bonds is 5. The molecule has 9 nitrogen and oxygen atoms in total. The van der Waals surface area contributed by atoms with E-state index in [-0.39, 0.29) is 11.8 Å². The summed E-state index contributed by atoms with van der Waals surface area (Å²) in [6.07, 6.45) is 5.25. The molecule has 0 radical (unpaired) electrons. The van der Waals surface area contributed by atoms with Gasteiger partial charge in [-0.3, -0.25) is 24.7 Å². The van der Waals surface area contributed by atoms with E-state index in [1.54, 1.807) is 30.5 Å². The van der Waals surface area contributed by atoms with Crippen molar-refractivity contribution in [2.24, 2.45) is 0 Å². The van der Waals surface area contributed by atoms with Crippen LogP contribution in [0, 0.1) is 11.8 Å². The molecule has 4 heterocycles. The first kappa shape index (κ1) is 25.4. The zero-order valence-electron chi connectivity index (χ0n) is 20.8. The molecule has 1 aromatic carbocycles. The Hall–Kier alpha value is -4.26. The molecule has 0 bridgehead atoms. The standard InChI is InChI=1S/C28H26ClN5O4/c1-3-26(35)33-13-14-38-17-19(33)8-7-18-16-30-11-9-20(18)25-15-21-24(10-12-31-28(21)36)34(25)32-23-6-4-5-22(29)27(23)37-2/h3-6,9,11,15-16,19,32H,1,10,12-14,17H2,2H3,(H,31,36)/t19-/m1/s1. The summed E-state index contributed by atoms with van der Waals surface area (Å²) < 4.78 is 13.0. The fourth-order valence-electron chi connectivity index (χ4n) is 4.62. The molecule has 1 saturated heterocycles. The number of hydrogen-bond donors (Lipinski definition) is 2. The highest BCUT2D eigenvalue weighted by Gasteiger charge is 2.27. The summed E-state index contributed by atoms with van der Waals surface area (Å²) in [4.78, 5) is 31.0. The lowest BCUT2D eigenvalue weighted by Crippen LogP contribution is -2.47. The number of carbonyl (C=O) groups excluding carboxylic acids is 2. The number of aromatic nitrogens is 2. The number of methoxy groups -OCH3 is 1. The number of amides is 2. The first-order valence-electron chi connectivity index (χ1n) is 12.1. The molecule has 5 rings (SSSR count). The zero-order chi connectivity index (χ0) is 26.6. The monoisotopic (exact) mass is 531 g/mol. The number of nitrogens with one attached hydrogen (secondary N) is 2. The minimum atomic E-state index is -0.415. The molecule has 0 aliphatic carbocycles. The second-order valence-electron chi connectivity index (χ2n) is 8.68. The van der Waals surface area contributed by atoms with Crippen LogP contribution < -0.4 is 15.5 Å². The highest BCUT2D eigenvalue weighted by molar-refractivity contribution is 6.32. The minimum Gasteiger partial charge on any atom is -0.493 e. The van der Waals surface area contributed by atoms with Crippen molar-refractivity contribution in [3.8, 4) is 28.8 Å². The Morgan fingerprint density at radius 2 is 2.24 bits per heavy atom. The summed E-state index contributed by atoms with van der Waals surface area (Å²) in [7, 11) is 1.55. The fourth-order valence-corrected chi connectivity index (χ4v) is 4.87. The number of ether oxygens (including phenoxy) is 2. The number of anilines is 1. The van der Waals surface area contributed by atoms with Gasteiger partial charge < -0.3 is 19.7 Å². The van der Waals surface area contributed by atoms with Crippen LogP contribution in [0.25, 0.3) is 11.3 Å². The second-order valence-corrected chi connectivity index (χ2v) is 9.09. The normalized spacial score (nSPS) is 16.5. The third kappa shape index (κ3) is 4.84. The van der Waals surface area contributed by atoms with Gasteiger partial charge in [0.05, 0.1) is 53.5 Å². The molecule has 0 spiro atoms. The van der Waals surface area contributed by atoms with E-state index < -0.39 is 6.04 Å². The molecule has 10 heteroatoms. The van der Waals surface area contributed by atoms with E-state index in [0.717, 1.165) is 17.0 Å². The van der Waals surface area contributed by atoms with Gasteiger partial charge in [0.15, 0.2) is 5.75 Å². The van der Waals surface area contributed by atoms with Gasteiger partial charge in [-0.2, -0.15) is 0 Å². The van der Waals surface area contributed by atoms with Crippen LogP contribution >= 0.6 is 11.6 Å². The number of nitrogens with zero attached hydrogens (tertiary/aromatic N) is 3. The van der Waals surface area contributed by atoms with E-state index in [1.165, 1.54) is 6.08 Å². The number of benzene rings is 1. The Kier molecular flexibility index (Phi) is 7.36. The largest absolute Gasteiger partial charge is 0.493 e. The van der Waals surface area contributed by atoms with Crippen molar-refractivity contribution in [2.75, 3.05) is 38.8 Å². The maximum atomic E-state index is 12.8. The first-order valence-corrected chi connectivity index (χ1v) is 12.5. The molecule has 1 atom stereocenters. The third-order valence-corrected chi connectivity index (χ3v) is 6.75. The molecular weight excluding hydrogens is 506 g/mol. The summed E-state index contributed by atoms with van der Waals surface area (Å²) in [5.74, 6) is 6.52. The number of pyridine rings is 1. The van der Waals surface area contributed by atoms with E-state index in [4.69, 9.17) is 21.1 Å². The molecule has 2 N–H and O–H groups in total. The van der Waals surface area contributed by atoms with Crippen LogP contribution in [-0.2, 0) is 16.0 Å². The van der Waals surface area contributed by atoms with Crippen LogP contribution in [0.3, 0.4) is 0 Å². The van der Waals surface area contributed by atoms with Crippen molar-refractivity contribution >= 4 is 29.1 Å². The molecule has 1 fully saturated rings. The first-order chi connectivity index (χ1) is 18.5. The molecule has 2 aromatic heterocycles. The smallest absolute Gasteiger partial charge is 0.253 e. The van der Waals surface area contributed by atoms with Crippen molar-refractivity contribution in [3.63, 3.8) is 0 Å². The molecule has 0 unspecified atom stereocenters. The Bertz CT molecular complexity index is 1470. The highest BCUT2D eigenvalue weighted by atomic mass is 35.5. The summed E-state index contributed by atoms with van der Waals surface area (Å²) >= 11 is 6.37. The quantitative estimate of drug-likeness (QED) is 0.388. The van der Waals surface area contributed by atoms with Crippen molar-refractivity contribution in [2.45, 2.75) is 12.5 Å². The average Bonchev–Trinajstić information content (AvgIpc) is 3.31. The Morgan fingerprint density at radius 3 is 3.05 bits per heavy atom. The van der Waals surface area contributed by atoms with E-state index in [9.17, 15) is 9.59 Å². The van der Waals surface area contributed by atoms with Gasteiger partial charge in [0.2, 0.25) is 5.91 Å². The van der Waals surface area contributed by atoms with E-state index in [1.807, 2.05) is 28.9 Å². The van der Waals surface area contributed by atoms with Crippen LogP contribution in [0.5, 0.6) is 5.75 Å². The maximum Gasteiger partial charge on any atom is 0.253 e. The third-order valence-electron chi connectivity index (χ3n) is 6.45. The number of morpholine rings is 1. The van der Waals surface area contributed by atoms with Crippen LogP contribution in [0.1, 0.15) is 21.6 Å². The summed E-state index contributed by atoms with van der Waals surface area (Å²) in [5, 5.41) is 3.36. The summed E-state index contributed by atoms with van der Waals surface area (Å²) in [6.45, 7) is 5.31. The van der Waals surface area contributed by atoms with Crippen molar-refractivity contribution in [1.82, 2.24) is 19.9 Å². The lowest BCUT2D eigenvalue weighted by Gasteiger charge is -2.31. The van der Waals surface area contributed by atoms with Crippen LogP contribution in [0.4, 0.5) is 5.69 Å². The summed E-state index contributed by atoms with van der Waals surface area (Å²) in [5.41, 5.74) is 7.56.